The van der Waals surface area contributed by atoms with E-state index in [0.717, 1.165) is 5.56 Å². The van der Waals surface area contributed by atoms with Gasteiger partial charge in [-0.2, -0.15) is 0 Å². The molecule has 1 rings (SSSR count). The van der Waals surface area contributed by atoms with Gasteiger partial charge >= 0.3 is 6.09 Å². The Morgan fingerprint density at radius 2 is 1.95 bits per heavy atom. The molecule has 0 saturated heterocycles. The van der Waals surface area contributed by atoms with Crippen LogP contribution in [-0.2, 0) is 20.4 Å². The van der Waals surface area contributed by atoms with Gasteiger partial charge in [0.2, 0.25) is 0 Å². The van der Waals surface area contributed by atoms with Crippen LogP contribution < -0.4 is 10.8 Å². The third-order valence-electron chi connectivity index (χ3n) is 2.91. The molecule has 0 saturated carbocycles. The Hall–Kier alpha value is -1.36. The van der Waals surface area contributed by atoms with Gasteiger partial charge in [0.15, 0.2) is 0 Å². The fraction of sp³-hybridized carbons (Fsp3) is 0.500. The number of amides is 1. The van der Waals surface area contributed by atoms with Gasteiger partial charge in [0.05, 0.1) is 0 Å². The smallest absolute Gasteiger partial charge is 0.408 e. The molecule has 1 aromatic rings. The van der Waals surface area contributed by atoms with E-state index >= 15 is 0 Å². The molecule has 3 N–H and O–H groups in total. The lowest BCUT2D eigenvalue weighted by Gasteiger charge is -2.24. The lowest BCUT2D eigenvalue weighted by Crippen LogP contribution is -2.38. The number of nitrogens with two attached hydrogens (primary N) is 1. The molecule has 118 valence electrons. The monoisotopic (exact) mass is 314 g/mol. The number of hydrogen-bond donors (Lipinski definition) is 2. The largest absolute Gasteiger partial charge is 0.445 e. The van der Waals surface area contributed by atoms with Crippen molar-refractivity contribution in [2.24, 2.45) is 11.4 Å². The molecule has 0 aliphatic rings. The number of carbonyl (C=O) groups is 1. The molecular formula is C14H23N2O4P. The molecule has 2 unspecified atom stereocenters. The maximum atomic E-state index is 12.1. The van der Waals surface area contributed by atoms with Crippen LogP contribution in [0.1, 0.15) is 25.8 Å². The van der Waals surface area contributed by atoms with Crippen LogP contribution in [0.4, 0.5) is 4.79 Å². The first-order valence-electron chi connectivity index (χ1n) is 6.76. The lowest BCUT2D eigenvalue weighted by molar-refractivity contribution is 0.136. The van der Waals surface area contributed by atoms with Gasteiger partial charge in [0, 0.05) is 7.11 Å². The summed E-state index contributed by atoms with van der Waals surface area (Å²) in [5.74, 6) is -0.553. The van der Waals surface area contributed by atoms with E-state index in [0.29, 0.717) is 6.42 Å². The maximum absolute atomic E-state index is 12.1. The predicted octanol–water partition coefficient (Wildman–Crippen LogP) is 3.08. The number of benzene rings is 1. The summed E-state index contributed by atoms with van der Waals surface area (Å²) < 4.78 is 22.0. The minimum atomic E-state index is -3.40. The molecule has 0 bridgehead atoms. The topological polar surface area (TPSA) is 90.6 Å². The maximum Gasteiger partial charge on any atom is 0.408 e. The van der Waals surface area contributed by atoms with E-state index in [2.05, 4.69) is 5.32 Å². The molecule has 7 heteroatoms. The van der Waals surface area contributed by atoms with E-state index < -0.39 is 19.4 Å². The van der Waals surface area contributed by atoms with Crippen molar-refractivity contribution in [3.63, 3.8) is 0 Å². The van der Waals surface area contributed by atoms with Crippen LogP contribution in [0.15, 0.2) is 30.3 Å². The van der Waals surface area contributed by atoms with Crippen molar-refractivity contribution in [1.29, 1.82) is 0 Å². The Bertz CT molecular complexity index is 493. The van der Waals surface area contributed by atoms with E-state index in [1.165, 1.54) is 7.11 Å². The molecule has 6 nitrogen and oxygen atoms in total. The van der Waals surface area contributed by atoms with Crippen molar-refractivity contribution in [2.75, 3.05) is 7.11 Å². The second kappa shape index (κ2) is 8.17. The van der Waals surface area contributed by atoms with Gasteiger partial charge < -0.3 is 14.6 Å². The summed E-state index contributed by atoms with van der Waals surface area (Å²) in [7, 11) is -2.13. The minimum absolute atomic E-state index is 0.142. The van der Waals surface area contributed by atoms with Gasteiger partial charge in [-0.3, -0.25) is 10.1 Å². The van der Waals surface area contributed by atoms with Crippen molar-refractivity contribution in [3.8, 4) is 0 Å². The molecular weight excluding hydrogens is 291 g/mol. The Labute approximate surface area is 125 Å². The molecule has 0 aromatic heterocycles. The number of nitrogens with one attached hydrogen (secondary N) is 1. The Morgan fingerprint density at radius 1 is 1.33 bits per heavy atom. The highest BCUT2D eigenvalue weighted by Crippen LogP contribution is 2.43. The molecule has 0 radical (unpaired) electrons. The molecule has 0 spiro atoms. The Morgan fingerprint density at radius 3 is 2.48 bits per heavy atom. The standard InChI is InChI=1S/C14H23N2O4P/c1-11(2)9-13(21(15,18)19-3)16-14(17)20-10-12-7-5-4-6-8-12/h4-8,11,13H,9-10H2,1-3H3,(H2,15,18)(H,16,17). The summed E-state index contributed by atoms with van der Waals surface area (Å²) in [4.78, 5) is 11.8. The van der Waals surface area contributed by atoms with Gasteiger partial charge in [0.1, 0.15) is 12.4 Å². The van der Waals surface area contributed by atoms with E-state index in [9.17, 15) is 9.36 Å². The molecule has 0 aliphatic carbocycles. The SMILES string of the molecule is COP(N)(=O)C(CC(C)C)NC(=O)OCc1ccccc1. The average molecular weight is 314 g/mol. The van der Waals surface area contributed by atoms with Gasteiger partial charge in [-0.25, -0.2) is 4.79 Å². The molecule has 21 heavy (non-hydrogen) atoms. The van der Waals surface area contributed by atoms with Crippen LogP contribution in [0.3, 0.4) is 0 Å². The van der Waals surface area contributed by atoms with Gasteiger partial charge in [0.25, 0.3) is 7.52 Å². The highest BCUT2D eigenvalue weighted by Gasteiger charge is 2.31. The van der Waals surface area contributed by atoms with E-state index in [4.69, 9.17) is 14.8 Å². The first kappa shape index (κ1) is 17.7. The minimum Gasteiger partial charge on any atom is -0.445 e. The highest BCUT2D eigenvalue weighted by atomic mass is 31.2. The summed E-state index contributed by atoms with van der Waals surface area (Å²) in [5, 5.41) is 2.54. The second-order valence-electron chi connectivity index (χ2n) is 5.18. The summed E-state index contributed by atoms with van der Waals surface area (Å²) >= 11 is 0. The van der Waals surface area contributed by atoms with Crippen molar-refractivity contribution in [3.05, 3.63) is 35.9 Å². The third kappa shape index (κ3) is 6.29. The van der Waals surface area contributed by atoms with E-state index in [1.54, 1.807) is 0 Å². The number of hydrogen-bond acceptors (Lipinski definition) is 4. The number of alkyl carbamates (subject to hydrolysis) is 1. The summed E-state index contributed by atoms with van der Waals surface area (Å²) in [6, 6.07) is 9.30. The van der Waals surface area contributed by atoms with Crippen LogP contribution in [0.5, 0.6) is 0 Å². The zero-order valence-corrected chi connectivity index (χ0v) is 13.5. The third-order valence-corrected chi connectivity index (χ3v) is 4.69. The van der Waals surface area contributed by atoms with Crippen molar-refractivity contribution >= 4 is 13.6 Å². The number of rotatable bonds is 7. The van der Waals surface area contributed by atoms with Crippen LogP contribution in [0.25, 0.3) is 0 Å². The first-order chi connectivity index (χ1) is 9.85. The van der Waals surface area contributed by atoms with Crippen LogP contribution in [0.2, 0.25) is 0 Å². The van der Waals surface area contributed by atoms with Gasteiger partial charge in [-0.1, -0.05) is 44.2 Å². The van der Waals surface area contributed by atoms with Crippen LogP contribution in [-0.4, -0.2) is 19.0 Å². The fourth-order valence-electron chi connectivity index (χ4n) is 1.77. The van der Waals surface area contributed by atoms with E-state index in [-0.39, 0.29) is 12.5 Å². The van der Waals surface area contributed by atoms with Crippen LogP contribution in [0, 0.1) is 5.92 Å². The van der Waals surface area contributed by atoms with Crippen molar-refractivity contribution in [2.45, 2.75) is 32.7 Å². The van der Waals surface area contributed by atoms with Crippen molar-refractivity contribution < 1.29 is 18.6 Å². The molecule has 0 fully saturated rings. The van der Waals surface area contributed by atoms with Crippen molar-refractivity contribution in [1.82, 2.24) is 5.32 Å². The molecule has 1 aromatic carbocycles. The highest BCUT2D eigenvalue weighted by molar-refractivity contribution is 7.57. The second-order valence-corrected chi connectivity index (χ2v) is 7.46. The Balaban J connectivity index is 2.58. The number of carbonyl (C=O) groups excluding carboxylic acids is 1. The fourth-order valence-corrected chi connectivity index (χ4v) is 3.03. The predicted molar refractivity (Wildman–Crippen MR) is 81.8 cm³/mol. The van der Waals surface area contributed by atoms with Gasteiger partial charge in [-0.05, 0) is 17.9 Å². The first-order valence-corrected chi connectivity index (χ1v) is 8.52. The molecule has 2 atom stereocenters. The quantitative estimate of drug-likeness (QED) is 0.755. The normalized spacial score (nSPS) is 15.3. The van der Waals surface area contributed by atoms with Crippen LogP contribution >= 0.6 is 7.52 Å². The molecule has 1 amide bonds. The number of ether oxygens (including phenoxy) is 1. The summed E-state index contributed by atoms with van der Waals surface area (Å²) in [6.45, 7) is 4.03. The Kier molecular flexibility index (Phi) is 6.89. The molecule has 0 aliphatic heterocycles. The van der Waals surface area contributed by atoms with E-state index in [1.807, 2.05) is 44.2 Å². The summed E-state index contributed by atoms with van der Waals surface area (Å²) in [5.41, 5.74) is 6.50. The molecule has 0 heterocycles. The lowest BCUT2D eigenvalue weighted by atomic mass is 10.1. The zero-order chi connectivity index (χ0) is 15.9. The zero-order valence-electron chi connectivity index (χ0n) is 12.6. The average Bonchev–Trinajstić information content (AvgIpc) is 2.45. The summed E-state index contributed by atoms with van der Waals surface area (Å²) in [6.07, 6.45) is -0.213. The van der Waals surface area contributed by atoms with Gasteiger partial charge in [-0.15, -0.1) is 0 Å².